The highest BCUT2D eigenvalue weighted by molar-refractivity contribution is 6.32. The van der Waals surface area contributed by atoms with Crippen molar-refractivity contribution in [2.24, 2.45) is 4.99 Å². The molecule has 0 saturated carbocycles. The zero-order chi connectivity index (χ0) is 18.2. The van der Waals surface area contributed by atoms with E-state index in [0.717, 1.165) is 23.4 Å². The molecule has 134 valence electrons. The van der Waals surface area contributed by atoms with Crippen molar-refractivity contribution < 1.29 is 14.2 Å². The highest BCUT2D eigenvalue weighted by Crippen LogP contribution is 2.37. The molecule has 0 aliphatic rings. The summed E-state index contributed by atoms with van der Waals surface area (Å²) in [5, 5.41) is 0.499. The van der Waals surface area contributed by atoms with Crippen molar-refractivity contribution in [1.82, 2.24) is 0 Å². The largest absolute Gasteiger partial charge is 0.493 e. The van der Waals surface area contributed by atoms with Crippen molar-refractivity contribution in [2.75, 3.05) is 13.7 Å². The van der Waals surface area contributed by atoms with E-state index in [2.05, 4.69) is 11.9 Å². The Morgan fingerprint density at radius 1 is 1.16 bits per heavy atom. The van der Waals surface area contributed by atoms with Crippen molar-refractivity contribution in [1.29, 1.82) is 0 Å². The fourth-order valence-corrected chi connectivity index (χ4v) is 2.46. The molecule has 0 aliphatic carbocycles. The summed E-state index contributed by atoms with van der Waals surface area (Å²) in [6, 6.07) is 11.3. The van der Waals surface area contributed by atoms with Gasteiger partial charge in [-0.2, -0.15) is 0 Å². The molecule has 0 saturated heterocycles. The summed E-state index contributed by atoms with van der Waals surface area (Å²) in [5.41, 5.74) is 1.59. The minimum absolute atomic E-state index is 0.0592. The molecule has 0 amide bonds. The molecular weight excluding hydrogens is 338 g/mol. The van der Waals surface area contributed by atoms with Crippen LogP contribution in [0.3, 0.4) is 0 Å². The number of benzene rings is 2. The summed E-state index contributed by atoms with van der Waals surface area (Å²) < 4.78 is 16.9. The van der Waals surface area contributed by atoms with E-state index in [1.807, 2.05) is 50.2 Å². The number of aliphatic imine (C=N–C) groups is 1. The standard InChI is InChI=1S/C20H24ClNO3/c1-5-14(3)25-20-16(21)11-15(12-19(20)23-4)13-22-17-9-7-8-10-18(17)24-6-2/h7-14H,5-6H2,1-4H3/t14-/m1/s1. The Morgan fingerprint density at radius 3 is 2.60 bits per heavy atom. The van der Waals surface area contributed by atoms with Gasteiger partial charge in [0.15, 0.2) is 11.5 Å². The van der Waals surface area contributed by atoms with Gasteiger partial charge in [-0.1, -0.05) is 30.7 Å². The van der Waals surface area contributed by atoms with Crippen LogP contribution in [0.1, 0.15) is 32.8 Å². The van der Waals surface area contributed by atoms with E-state index < -0.39 is 0 Å². The molecule has 25 heavy (non-hydrogen) atoms. The first kappa shape index (κ1) is 19.1. The Bertz CT molecular complexity index is 731. The second-order valence-corrected chi connectivity index (χ2v) is 5.94. The summed E-state index contributed by atoms with van der Waals surface area (Å²) in [7, 11) is 1.60. The third-order valence-electron chi connectivity index (χ3n) is 3.66. The van der Waals surface area contributed by atoms with Crippen LogP contribution < -0.4 is 14.2 Å². The first-order valence-corrected chi connectivity index (χ1v) is 8.76. The predicted molar refractivity (Wildman–Crippen MR) is 103 cm³/mol. The number of rotatable bonds is 8. The van der Waals surface area contributed by atoms with Crippen LogP contribution >= 0.6 is 11.6 Å². The summed E-state index contributed by atoms with van der Waals surface area (Å²) in [6.07, 6.45) is 2.68. The summed E-state index contributed by atoms with van der Waals surface area (Å²) in [4.78, 5) is 4.51. The lowest BCUT2D eigenvalue weighted by atomic mass is 10.2. The quantitative estimate of drug-likeness (QED) is 0.568. The monoisotopic (exact) mass is 361 g/mol. The van der Waals surface area contributed by atoms with Gasteiger partial charge < -0.3 is 14.2 Å². The highest BCUT2D eigenvalue weighted by Gasteiger charge is 2.14. The third kappa shape index (κ3) is 5.13. The van der Waals surface area contributed by atoms with Gasteiger partial charge in [-0.3, -0.25) is 4.99 Å². The molecule has 0 N–H and O–H groups in total. The molecular formula is C20H24ClNO3. The minimum atomic E-state index is 0.0592. The molecule has 0 spiro atoms. The van der Waals surface area contributed by atoms with Gasteiger partial charge in [-0.25, -0.2) is 0 Å². The lowest BCUT2D eigenvalue weighted by Crippen LogP contribution is -2.11. The van der Waals surface area contributed by atoms with E-state index in [1.54, 1.807) is 13.3 Å². The molecule has 0 unspecified atom stereocenters. The Morgan fingerprint density at radius 2 is 1.92 bits per heavy atom. The van der Waals surface area contributed by atoms with Gasteiger partial charge >= 0.3 is 0 Å². The van der Waals surface area contributed by atoms with E-state index in [-0.39, 0.29) is 6.10 Å². The van der Waals surface area contributed by atoms with E-state index in [9.17, 15) is 0 Å². The van der Waals surface area contributed by atoms with Crippen LogP contribution in [0.25, 0.3) is 0 Å². The number of nitrogens with zero attached hydrogens (tertiary/aromatic N) is 1. The Hall–Kier alpha value is -2.20. The van der Waals surface area contributed by atoms with Crippen LogP contribution in [0.2, 0.25) is 5.02 Å². The molecule has 0 bridgehead atoms. The lowest BCUT2D eigenvalue weighted by Gasteiger charge is -2.17. The Kier molecular flexibility index (Phi) is 7.14. The van der Waals surface area contributed by atoms with Gasteiger partial charge in [0.25, 0.3) is 0 Å². The fourth-order valence-electron chi connectivity index (χ4n) is 2.20. The second kappa shape index (κ2) is 9.33. The summed E-state index contributed by atoms with van der Waals surface area (Å²) >= 11 is 6.39. The molecule has 0 fully saturated rings. The second-order valence-electron chi connectivity index (χ2n) is 5.53. The maximum absolute atomic E-state index is 6.39. The molecule has 2 rings (SSSR count). The molecule has 5 heteroatoms. The number of methoxy groups -OCH3 is 1. The zero-order valence-corrected chi connectivity index (χ0v) is 15.8. The Balaban J connectivity index is 2.30. The maximum atomic E-state index is 6.39. The number of para-hydroxylation sites is 2. The zero-order valence-electron chi connectivity index (χ0n) is 15.1. The van der Waals surface area contributed by atoms with Gasteiger partial charge in [0.2, 0.25) is 0 Å². The fraction of sp³-hybridized carbons (Fsp3) is 0.350. The van der Waals surface area contributed by atoms with Gasteiger partial charge in [0.1, 0.15) is 11.4 Å². The van der Waals surface area contributed by atoms with E-state index >= 15 is 0 Å². The van der Waals surface area contributed by atoms with Gasteiger partial charge in [-0.15, -0.1) is 0 Å². The predicted octanol–water partition coefficient (Wildman–Crippen LogP) is 5.68. The van der Waals surface area contributed by atoms with Crippen molar-refractivity contribution in [3.05, 3.63) is 47.0 Å². The van der Waals surface area contributed by atoms with Crippen molar-refractivity contribution in [3.8, 4) is 17.2 Å². The van der Waals surface area contributed by atoms with E-state index in [1.165, 1.54) is 0 Å². The molecule has 0 aromatic heterocycles. The summed E-state index contributed by atoms with van der Waals surface area (Å²) in [6.45, 7) is 6.59. The van der Waals surface area contributed by atoms with Crippen LogP contribution in [0.15, 0.2) is 41.4 Å². The molecule has 2 aromatic rings. The van der Waals surface area contributed by atoms with Gasteiger partial charge in [0, 0.05) is 6.21 Å². The molecule has 1 atom stereocenters. The number of ether oxygens (including phenoxy) is 3. The summed E-state index contributed by atoms with van der Waals surface area (Å²) in [5.74, 6) is 1.90. The molecule has 0 radical (unpaired) electrons. The molecule has 0 heterocycles. The van der Waals surface area contributed by atoms with E-state index in [0.29, 0.717) is 23.1 Å². The van der Waals surface area contributed by atoms with E-state index in [4.69, 9.17) is 25.8 Å². The van der Waals surface area contributed by atoms with Crippen LogP contribution in [0.4, 0.5) is 5.69 Å². The SMILES string of the molecule is CCOc1ccccc1N=Cc1cc(Cl)c(O[C@H](C)CC)c(OC)c1. The number of halogens is 1. The number of hydrogen-bond donors (Lipinski definition) is 0. The van der Waals surface area contributed by atoms with Gasteiger partial charge in [-0.05, 0) is 50.1 Å². The maximum Gasteiger partial charge on any atom is 0.180 e. The molecule has 0 aliphatic heterocycles. The number of hydrogen-bond acceptors (Lipinski definition) is 4. The highest BCUT2D eigenvalue weighted by atomic mass is 35.5. The normalized spacial score (nSPS) is 12.2. The Labute approximate surface area is 154 Å². The van der Waals surface area contributed by atoms with Crippen LogP contribution in [-0.4, -0.2) is 26.0 Å². The molecule has 4 nitrogen and oxygen atoms in total. The van der Waals surface area contributed by atoms with Crippen LogP contribution in [0.5, 0.6) is 17.2 Å². The molecule has 2 aromatic carbocycles. The topological polar surface area (TPSA) is 40.0 Å². The van der Waals surface area contributed by atoms with Crippen molar-refractivity contribution in [3.63, 3.8) is 0 Å². The van der Waals surface area contributed by atoms with Crippen molar-refractivity contribution >= 4 is 23.5 Å². The van der Waals surface area contributed by atoms with Gasteiger partial charge in [0.05, 0.1) is 24.8 Å². The minimum Gasteiger partial charge on any atom is -0.493 e. The average Bonchev–Trinajstić information content (AvgIpc) is 2.62. The first-order chi connectivity index (χ1) is 12.1. The van der Waals surface area contributed by atoms with Crippen LogP contribution in [0, 0.1) is 0 Å². The lowest BCUT2D eigenvalue weighted by molar-refractivity contribution is 0.208. The third-order valence-corrected chi connectivity index (χ3v) is 3.94. The first-order valence-electron chi connectivity index (χ1n) is 8.39. The average molecular weight is 362 g/mol. The smallest absolute Gasteiger partial charge is 0.180 e. The van der Waals surface area contributed by atoms with Crippen LogP contribution in [-0.2, 0) is 0 Å². The van der Waals surface area contributed by atoms with Crippen molar-refractivity contribution in [2.45, 2.75) is 33.3 Å².